The van der Waals surface area contributed by atoms with E-state index in [4.69, 9.17) is 13.1 Å². The van der Waals surface area contributed by atoms with Gasteiger partial charge in [-0.2, -0.15) is 5.26 Å². The fraction of sp³-hybridized carbons (Fsp3) is 0. The molecular weight excluding hydrogens is 625 g/mol. The predicted molar refractivity (Wildman–Crippen MR) is 207 cm³/mol. The first-order valence-electron chi connectivity index (χ1n) is 16.3. The number of benzene rings is 7. The average molecular weight is 653 g/mol. The van der Waals surface area contributed by atoms with Crippen LogP contribution in [0, 0.1) is 24.5 Å². The van der Waals surface area contributed by atoms with E-state index in [0.717, 1.165) is 59.4 Å². The fourth-order valence-corrected chi connectivity index (χ4v) is 12.4. The molecule has 0 spiro atoms. The molecule has 7 aromatic carbocycles. The SMILES string of the molecule is [C-]#[N+]c1c(-c2cccc(-n3c4ccccc4c4cc(C#N)ccc43)c2)ccc([Si](c2ccccc2)(c2ccccc2)c2ccccc2)c1[N+]#[C-]. The average Bonchev–Trinajstić information content (AvgIpc) is 3.53. The van der Waals surface area contributed by atoms with Crippen molar-refractivity contribution in [3.63, 3.8) is 0 Å². The Bertz CT molecular complexity index is 2580. The Morgan fingerprint density at radius 2 is 1.10 bits per heavy atom. The van der Waals surface area contributed by atoms with Crippen molar-refractivity contribution in [3.05, 3.63) is 198 Å². The minimum Gasteiger partial charge on any atom is -0.309 e. The number of hydrogen-bond acceptors (Lipinski definition) is 1. The van der Waals surface area contributed by atoms with Crippen LogP contribution < -0.4 is 20.7 Å². The molecule has 0 N–H and O–H groups in total. The molecule has 0 fully saturated rings. The van der Waals surface area contributed by atoms with E-state index in [-0.39, 0.29) is 0 Å². The van der Waals surface area contributed by atoms with E-state index in [2.05, 4.69) is 123 Å². The van der Waals surface area contributed by atoms with Gasteiger partial charge in [-0.1, -0.05) is 139 Å². The molecule has 0 unspecified atom stereocenters. The van der Waals surface area contributed by atoms with Gasteiger partial charge >= 0.3 is 0 Å². The molecule has 1 heterocycles. The van der Waals surface area contributed by atoms with Gasteiger partial charge in [0.15, 0.2) is 13.8 Å². The smallest absolute Gasteiger partial charge is 0.202 e. The molecule has 0 amide bonds. The maximum atomic E-state index is 9.61. The van der Waals surface area contributed by atoms with Crippen LogP contribution in [0.3, 0.4) is 0 Å². The lowest BCUT2D eigenvalue weighted by molar-refractivity contribution is 1.18. The van der Waals surface area contributed by atoms with Crippen molar-refractivity contribution in [3.8, 4) is 22.9 Å². The van der Waals surface area contributed by atoms with Crippen LogP contribution in [0.25, 0.3) is 48.3 Å². The van der Waals surface area contributed by atoms with E-state index in [9.17, 15) is 5.26 Å². The second-order valence-corrected chi connectivity index (χ2v) is 15.9. The van der Waals surface area contributed by atoms with Gasteiger partial charge in [0.25, 0.3) is 0 Å². The minimum absolute atomic E-state index is 0.357. The van der Waals surface area contributed by atoms with Crippen LogP contribution in [-0.4, -0.2) is 12.6 Å². The van der Waals surface area contributed by atoms with Crippen molar-refractivity contribution in [1.82, 2.24) is 4.57 Å². The molecule has 0 aliphatic heterocycles. The number of rotatable bonds is 6. The molecular formula is C45H28N4Si. The molecule has 0 saturated heterocycles. The molecule has 232 valence electrons. The molecule has 4 nitrogen and oxygen atoms in total. The first-order valence-corrected chi connectivity index (χ1v) is 18.3. The summed E-state index contributed by atoms with van der Waals surface area (Å²) in [5.41, 5.74) is 5.91. The number of fused-ring (bicyclic) bond motifs is 3. The second kappa shape index (κ2) is 12.6. The number of para-hydroxylation sites is 1. The highest BCUT2D eigenvalue weighted by molar-refractivity contribution is 7.20. The summed E-state index contributed by atoms with van der Waals surface area (Å²) in [5, 5.41) is 16.0. The van der Waals surface area contributed by atoms with Gasteiger partial charge in [-0.15, -0.1) is 0 Å². The first kappa shape index (κ1) is 30.4. The van der Waals surface area contributed by atoms with E-state index in [1.807, 2.05) is 66.7 Å². The maximum Gasteiger partial charge on any atom is 0.202 e. The van der Waals surface area contributed by atoms with Crippen LogP contribution in [0.5, 0.6) is 0 Å². The maximum absolute atomic E-state index is 9.61. The largest absolute Gasteiger partial charge is 0.309 e. The standard InChI is InChI=1S/C45H28N4Si/c1-47-44-38(33-15-14-16-34(30-33)49-41-24-13-12-23-39(41)40-29-32(31-46)25-27-42(40)49)26-28-43(45(44)48-2)50(35-17-6-3-7-18-35,36-19-8-4-9-20-36)37-21-10-5-11-22-37/h3-30H. The lowest BCUT2D eigenvalue weighted by atomic mass is 10.0. The quantitative estimate of drug-likeness (QED) is 0.101. The van der Waals surface area contributed by atoms with Gasteiger partial charge in [0.05, 0.1) is 35.8 Å². The Kier molecular flexibility index (Phi) is 7.63. The molecule has 1 aromatic heterocycles. The van der Waals surface area contributed by atoms with E-state index in [1.54, 1.807) is 0 Å². The number of nitrogens with zero attached hydrogens (tertiary/aromatic N) is 4. The third kappa shape index (κ3) is 4.72. The van der Waals surface area contributed by atoms with Crippen LogP contribution in [-0.2, 0) is 0 Å². The van der Waals surface area contributed by atoms with Crippen molar-refractivity contribution < 1.29 is 0 Å². The van der Waals surface area contributed by atoms with Gasteiger partial charge in [-0.25, -0.2) is 4.85 Å². The van der Waals surface area contributed by atoms with Gasteiger partial charge in [-0.3, -0.25) is 4.85 Å². The van der Waals surface area contributed by atoms with Gasteiger partial charge in [0.2, 0.25) is 5.69 Å². The number of nitriles is 1. The Morgan fingerprint density at radius 1 is 0.520 bits per heavy atom. The van der Waals surface area contributed by atoms with Crippen molar-refractivity contribution in [2.75, 3.05) is 0 Å². The summed E-state index contributed by atoms with van der Waals surface area (Å²) in [6, 6.07) is 60.0. The number of aromatic nitrogens is 1. The third-order valence-electron chi connectivity index (χ3n) is 9.62. The fourth-order valence-electron chi connectivity index (χ4n) is 7.51. The van der Waals surface area contributed by atoms with E-state index in [1.165, 1.54) is 0 Å². The molecule has 0 radical (unpaired) electrons. The van der Waals surface area contributed by atoms with Crippen molar-refractivity contribution in [1.29, 1.82) is 5.26 Å². The van der Waals surface area contributed by atoms with Gasteiger partial charge in [0.1, 0.15) is 0 Å². The van der Waals surface area contributed by atoms with E-state index < -0.39 is 8.07 Å². The highest BCUT2D eigenvalue weighted by Crippen LogP contribution is 2.40. The topological polar surface area (TPSA) is 37.4 Å². The number of hydrogen-bond donors (Lipinski definition) is 0. The van der Waals surface area contributed by atoms with Crippen molar-refractivity contribution in [2.24, 2.45) is 0 Å². The summed E-state index contributed by atoms with van der Waals surface area (Å²) in [6.45, 7) is 17.1. The molecule has 0 aliphatic rings. The van der Waals surface area contributed by atoms with Crippen LogP contribution in [0.2, 0.25) is 0 Å². The lowest BCUT2D eigenvalue weighted by Gasteiger charge is -2.36. The zero-order valence-electron chi connectivity index (χ0n) is 27.0. The Balaban J connectivity index is 1.38. The third-order valence-corrected chi connectivity index (χ3v) is 14.4. The van der Waals surface area contributed by atoms with E-state index in [0.29, 0.717) is 16.9 Å². The van der Waals surface area contributed by atoms with E-state index >= 15 is 0 Å². The molecule has 8 rings (SSSR count). The van der Waals surface area contributed by atoms with Gasteiger partial charge < -0.3 is 4.57 Å². The normalized spacial score (nSPS) is 11.1. The summed E-state index contributed by atoms with van der Waals surface area (Å²) < 4.78 is 2.20. The van der Waals surface area contributed by atoms with Crippen LogP contribution in [0.4, 0.5) is 11.4 Å². The molecule has 8 aromatic rings. The van der Waals surface area contributed by atoms with Gasteiger partial charge in [-0.05, 0) is 63.1 Å². The lowest BCUT2D eigenvalue weighted by Crippen LogP contribution is -2.74. The van der Waals surface area contributed by atoms with Gasteiger partial charge in [0, 0.05) is 16.5 Å². The van der Waals surface area contributed by atoms with Crippen LogP contribution >= 0.6 is 0 Å². The summed E-state index contributed by atoms with van der Waals surface area (Å²) in [4.78, 5) is 8.29. The Hall–Kier alpha value is -6.97. The van der Waals surface area contributed by atoms with Crippen molar-refractivity contribution >= 4 is 62.0 Å². The molecule has 0 saturated carbocycles. The summed E-state index contributed by atoms with van der Waals surface area (Å²) in [7, 11) is -3.04. The van der Waals surface area contributed by atoms with Crippen molar-refractivity contribution in [2.45, 2.75) is 0 Å². The second-order valence-electron chi connectivity index (χ2n) is 12.2. The highest BCUT2D eigenvalue weighted by atomic mass is 28.3. The summed E-state index contributed by atoms with van der Waals surface area (Å²) in [5.74, 6) is 0. The summed E-state index contributed by atoms with van der Waals surface area (Å²) in [6.07, 6.45) is 0. The first-order chi connectivity index (χ1) is 24.7. The monoisotopic (exact) mass is 652 g/mol. The Labute approximate surface area is 292 Å². The zero-order chi connectivity index (χ0) is 34.1. The molecule has 0 atom stereocenters. The Morgan fingerprint density at radius 3 is 1.70 bits per heavy atom. The summed E-state index contributed by atoms with van der Waals surface area (Å²) >= 11 is 0. The molecule has 50 heavy (non-hydrogen) atoms. The highest BCUT2D eigenvalue weighted by Gasteiger charge is 2.43. The van der Waals surface area contributed by atoms with Crippen LogP contribution in [0.15, 0.2) is 170 Å². The predicted octanol–water partition coefficient (Wildman–Crippen LogP) is 8.80. The molecule has 5 heteroatoms. The molecule has 0 aliphatic carbocycles. The molecule has 0 bridgehead atoms. The minimum atomic E-state index is -3.04. The zero-order valence-corrected chi connectivity index (χ0v) is 28.0. The van der Waals surface area contributed by atoms with Crippen LogP contribution in [0.1, 0.15) is 5.56 Å².